The number of allylic oxidation sites excluding steroid dienone is 1. The molecule has 1 aromatic rings. The van der Waals surface area contributed by atoms with Gasteiger partial charge in [-0.2, -0.15) is 5.26 Å². The first-order valence-corrected chi connectivity index (χ1v) is 3.85. The summed E-state index contributed by atoms with van der Waals surface area (Å²) in [4.78, 5) is 10.6. The lowest BCUT2D eigenvalue weighted by molar-refractivity contribution is -0.104. The van der Waals surface area contributed by atoms with E-state index >= 15 is 0 Å². The lowest BCUT2D eigenvalue weighted by Gasteiger charge is -1.75. The van der Waals surface area contributed by atoms with E-state index in [0.717, 1.165) is 5.56 Å². The number of aldehydes is 1. The Bertz CT molecular complexity index is 319. The molecule has 0 atom stereocenters. The van der Waals surface area contributed by atoms with E-state index < -0.39 is 0 Å². The van der Waals surface area contributed by atoms with Crippen molar-refractivity contribution >= 4 is 23.7 Å². The van der Waals surface area contributed by atoms with Crippen LogP contribution < -0.4 is 0 Å². The van der Waals surface area contributed by atoms with Crippen LogP contribution in [0.5, 0.6) is 0 Å². The highest BCUT2D eigenvalue weighted by atomic mass is 32.1. The van der Waals surface area contributed by atoms with Gasteiger partial charge in [0.25, 0.3) is 0 Å². The maximum atomic E-state index is 9.91. The third kappa shape index (κ3) is 2.03. The van der Waals surface area contributed by atoms with Gasteiger partial charge in [-0.15, -0.1) is 11.3 Å². The molecule has 0 radical (unpaired) electrons. The summed E-state index contributed by atoms with van der Waals surface area (Å²) in [7, 11) is 0. The van der Waals surface area contributed by atoms with Crippen molar-refractivity contribution in [3.63, 3.8) is 0 Å². The van der Waals surface area contributed by atoms with Gasteiger partial charge in [0.15, 0.2) is 0 Å². The monoisotopic (exact) mass is 163 g/mol. The Morgan fingerprint density at radius 3 is 3.00 bits per heavy atom. The molecule has 0 aromatic carbocycles. The van der Waals surface area contributed by atoms with Gasteiger partial charge in [0.1, 0.15) is 17.2 Å². The third-order valence-corrected chi connectivity index (χ3v) is 1.95. The van der Waals surface area contributed by atoms with E-state index in [9.17, 15) is 4.79 Å². The molecule has 1 aromatic heterocycles. The van der Waals surface area contributed by atoms with Crippen molar-refractivity contribution in [2.45, 2.75) is 0 Å². The number of nitriles is 1. The van der Waals surface area contributed by atoms with Crippen LogP contribution in [0.15, 0.2) is 17.5 Å². The number of nitrogens with zero attached hydrogens (tertiary/aromatic N) is 1. The van der Waals surface area contributed by atoms with E-state index in [1.807, 2.05) is 11.4 Å². The first-order valence-electron chi connectivity index (χ1n) is 2.97. The largest absolute Gasteiger partial charge is 0.299 e. The Labute approximate surface area is 68.4 Å². The van der Waals surface area contributed by atoms with Crippen molar-refractivity contribution in [3.8, 4) is 6.07 Å². The van der Waals surface area contributed by atoms with Gasteiger partial charge in [0.2, 0.25) is 0 Å². The molecule has 0 bridgehead atoms. The molecule has 0 aliphatic carbocycles. The Kier molecular flexibility index (Phi) is 2.59. The third-order valence-electron chi connectivity index (χ3n) is 1.10. The minimum atomic E-state index is 0.663. The van der Waals surface area contributed by atoms with E-state index in [1.54, 1.807) is 12.1 Å². The molecule has 2 nitrogen and oxygen atoms in total. The van der Waals surface area contributed by atoms with Crippen molar-refractivity contribution in [1.82, 2.24) is 0 Å². The summed E-state index contributed by atoms with van der Waals surface area (Å²) < 4.78 is 0. The summed E-state index contributed by atoms with van der Waals surface area (Å²) in [5.41, 5.74) is 0.902. The van der Waals surface area contributed by atoms with Crippen LogP contribution in [0.4, 0.5) is 0 Å². The van der Waals surface area contributed by atoms with Gasteiger partial charge in [-0.05, 0) is 23.1 Å². The Balaban J connectivity index is 2.82. The summed E-state index contributed by atoms with van der Waals surface area (Å²) in [5, 5.41) is 10.3. The predicted octanol–water partition coefficient (Wildman–Crippen LogP) is 1.83. The first kappa shape index (κ1) is 7.70. The van der Waals surface area contributed by atoms with Gasteiger partial charge in [-0.1, -0.05) is 6.08 Å². The molecule has 0 amide bonds. The average molecular weight is 163 g/mol. The molecule has 0 fully saturated rings. The minimum Gasteiger partial charge on any atom is -0.299 e. The molecule has 0 aliphatic rings. The molecule has 0 spiro atoms. The van der Waals surface area contributed by atoms with E-state index in [4.69, 9.17) is 5.26 Å². The summed E-state index contributed by atoms with van der Waals surface area (Å²) in [6.07, 6.45) is 3.79. The predicted molar refractivity (Wildman–Crippen MR) is 44.1 cm³/mol. The Morgan fingerprint density at radius 2 is 2.45 bits per heavy atom. The molecule has 11 heavy (non-hydrogen) atoms. The molecule has 0 saturated heterocycles. The molecule has 1 heterocycles. The summed E-state index contributed by atoms with van der Waals surface area (Å²) in [6.45, 7) is 0. The lowest BCUT2D eigenvalue weighted by Crippen LogP contribution is -1.62. The topological polar surface area (TPSA) is 40.9 Å². The summed E-state index contributed by atoms with van der Waals surface area (Å²) in [5.74, 6) is 0. The number of carbonyl (C=O) groups is 1. The molecule has 0 saturated carbocycles. The zero-order chi connectivity index (χ0) is 8.10. The summed E-state index contributed by atoms with van der Waals surface area (Å²) >= 11 is 1.37. The highest BCUT2D eigenvalue weighted by Crippen LogP contribution is 2.14. The van der Waals surface area contributed by atoms with Crippen molar-refractivity contribution in [1.29, 1.82) is 5.26 Å². The van der Waals surface area contributed by atoms with Crippen LogP contribution >= 0.6 is 11.3 Å². The number of thiophene rings is 1. The van der Waals surface area contributed by atoms with Crippen LogP contribution in [0, 0.1) is 11.3 Å². The van der Waals surface area contributed by atoms with Gasteiger partial charge >= 0.3 is 0 Å². The van der Waals surface area contributed by atoms with Crippen LogP contribution in [0.2, 0.25) is 0 Å². The number of rotatable bonds is 2. The van der Waals surface area contributed by atoms with Crippen LogP contribution in [0.3, 0.4) is 0 Å². The smallest absolute Gasteiger partial charge is 0.142 e. The van der Waals surface area contributed by atoms with Crippen LogP contribution in [-0.2, 0) is 4.79 Å². The van der Waals surface area contributed by atoms with Crippen LogP contribution in [0.1, 0.15) is 10.4 Å². The second-order valence-corrected chi connectivity index (χ2v) is 2.76. The van der Waals surface area contributed by atoms with Crippen molar-refractivity contribution < 1.29 is 4.79 Å². The highest BCUT2D eigenvalue weighted by Gasteiger charge is 1.93. The summed E-state index contributed by atoms with van der Waals surface area (Å²) in [6, 6.07) is 3.76. The molecular formula is C8H5NOS. The molecule has 54 valence electrons. The fourth-order valence-corrected chi connectivity index (χ4v) is 1.31. The molecular weight excluding hydrogens is 158 g/mol. The second-order valence-electron chi connectivity index (χ2n) is 1.85. The fourth-order valence-electron chi connectivity index (χ4n) is 0.647. The SMILES string of the molecule is N#Cc1cc(/C=C/C=O)cs1. The number of hydrogen-bond acceptors (Lipinski definition) is 3. The molecule has 3 heteroatoms. The van der Waals surface area contributed by atoms with Crippen LogP contribution in [0.25, 0.3) is 6.08 Å². The van der Waals surface area contributed by atoms with E-state index in [2.05, 4.69) is 0 Å². The maximum absolute atomic E-state index is 9.91. The zero-order valence-corrected chi connectivity index (χ0v) is 6.47. The highest BCUT2D eigenvalue weighted by molar-refractivity contribution is 7.10. The van der Waals surface area contributed by atoms with Gasteiger partial charge in [-0.3, -0.25) is 4.79 Å². The molecule has 0 N–H and O–H groups in total. The minimum absolute atomic E-state index is 0.663. The van der Waals surface area contributed by atoms with E-state index in [-0.39, 0.29) is 0 Å². The van der Waals surface area contributed by atoms with Crippen molar-refractivity contribution in [2.75, 3.05) is 0 Å². The van der Waals surface area contributed by atoms with Crippen molar-refractivity contribution in [3.05, 3.63) is 28.0 Å². The van der Waals surface area contributed by atoms with Gasteiger partial charge in [0, 0.05) is 0 Å². The molecule has 0 aliphatic heterocycles. The van der Waals surface area contributed by atoms with Crippen LogP contribution in [-0.4, -0.2) is 6.29 Å². The number of hydrogen-bond donors (Lipinski definition) is 0. The van der Waals surface area contributed by atoms with Gasteiger partial charge in [-0.25, -0.2) is 0 Å². The van der Waals surface area contributed by atoms with Crippen molar-refractivity contribution in [2.24, 2.45) is 0 Å². The fraction of sp³-hybridized carbons (Fsp3) is 0. The quantitative estimate of drug-likeness (QED) is 0.493. The second kappa shape index (κ2) is 3.69. The standard InChI is InChI=1S/C8H5NOS/c9-5-8-4-7(6-11-8)2-1-3-10/h1-4,6H/b2-1+. The average Bonchev–Trinajstić information content (AvgIpc) is 2.48. The van der Waals surface area contributed by atoms with E-state index in [0.29, 0.717) is 11.2 Å². The number of carbonyl (C=O) groups excluding carboxylic acids is 1. The van der Waals surface area contributed by atoms with E-state index in [1.165, 1.54) is 17.4 Å². The first-order chi connectivity index (χ1) is 5.36. The Hall–Kier alpha value is -1.40. The van der Waals surface area contributed by atoms with Gasteiger partial charge in [0.05, 0.1) is 0 Å². The molecule has 0 unspecified atom stereocenters. The Morgan fingerprint density at radius 1 is 1.64 bits per heavy atom. The molecule has 1 rings (SSSR count). The lowest BCUT2D eigenvalue weighted by atomic mass is 10.3. The zero-order valence-electron chi connectivity index (χ0n) is 5.65. The normalized spacial score (nSPS) is 9.73. The maximum Gasteiger partial charge on any atom is 0.142 e. The van der Waals surface area contributed by atoms with Gasteiger partial charge < -0.3 is 0 Å².